The van der Waals surface area contributed by atoms with Gasteiger partial charge in [-0.2, -0.15) is 0 Å². The number of fused-ring (bicyclic) bond motifs is 2. The van der Waals surface area contributed by atoms with Gasteiger partial charge in [-0.3, -0.25) is 9.59 Å². The minimum absolute atomic E-state index is 0.0476. The van der Waals surface area contributed by atoms with Crippen LogP contribution in [0.5, 0.6) is 0 Å². The van der Waals surface area contributed by atoms with E-state index in [4.69, 9.17) is 0 Å². The van der Waals surface area contributed by atoms with Crippen molar-refractivity contribution in [2.45, 2.75) is 63.5 Å². The lowest BCUT2D eigenvalue weighted by molar-refractivity contribution is -0.123. The first kappa shape index (κ1) is 31.2. The zero-order chi connectivity index (χ0) is 31.5. The Morgan fingerprint density at radius 2 is 0.841 bits per heavy atom. The number of hydrogen-bond acceptors (Lipinski definition) is 4. The van der Waals surface area contributed by atoms with Gasteiger partial charge in [0.25, 0.3) is 0 Å². The second kappa shape index (κ2) is 12.8. The van der Waals surface area contributed by atoms with Crippen molar-refractivity contribution in [1.82, 2.24) is 0 Å². The summed E-state index contributed by atoms with van der Waals surface area (Å²) in [6.45, 7) is 7.96. The standard InChI is InChI=1S/2C19H21NO2/c2*1-19(2)15-10-6-7-11-17(15)20(18(19)22)16(12-13-21)14-8-4-3-5-9-14/h2*3-11,16,21H,12-13H2,1-2H3/t2*16-/m10/s1. The first-order valence-corrected chi connectivity index (χ1v) is 15.3. The van der Waals surface area contributed by atoms with E-state index in [1.54, 1.807) is 0 Å². The van der Waals surface area contributed by atoms with Crippen molar-refractivity contribution in [2.24, 2.45) is 0 Å². The Hall–Kier alpha value is -4.26. The molecule has 2 aliphatic heterocycles. The summed E-state index contributed by atoms with van der Waals surface area (Å²) >= 11 is 0. The SMILES string of the molecule is CC1(C)C(=O)N([C@@H](CCO)c2ccccc2)c2ccccc21.CC1(C)C(=O)N([C@H](CCO)c2ccccc2)c2ccccc21. The number of nitrogens with zero attached hydrogens (tertiary/aromatic N) is 2. The van der Waals surface area contributed by atoms with Gasteiger partial charge in [-0.1, -0.05) is 97.1 Å². The van der Waals surface area contributed by atoms with Gasteiger partial charge in [0.05, 0.1) is 22.9 Å². The molecule has 0 radical (unpaired) electrons. The second-order valence-electron chi connectivity index (χ2n) is 12.5. The van der Waals surface area contributed by atoms with Crippen LogP contribution >= 0.6 is 0 Å². The van der Waals surface area contributed by atoms with Crippen LogP contribution < -0.4 is 9.80 Å². The van der Waals surface area contributed by atoms with Crippen molar-refractivity contribution in [3.05, 3.63) is 131 Å². The molecular weight excluding hydrogens is 548 g/mol. The zero-order valence-electron chi connectivity index (χ0n) is 26.0. The molecule has 228 valence electrons. The number of amides is 2. The third-order valence-electron chi connectivity index (χ3n) is 8.98. The average molecular weight is 591 g/mol. The smallest absolute Gasteiger partial charge is 0.237 e. The number of carbonyl (C=O) groups excluding carboxylic acids is 2. The van der Waals surface area contributed by atoms with Crippen LogP contribution in [0.1, 0.15) is 74.9 Å². The Morgan fingerprint density at radius 3 is 1.18 bits per heavy atom. The van der Waals surface area contributed by atoms with Gasteiger partial charge in [0.2, 0.25) is 11.8 Å². The van der Waals surface area contributed by atoms with Gasteiger partial charge >= 0.3 is 0 Å². The molecule has 0 spiro atoms. The molecule has 2 amide bonds. The van der Waals surface area contributed by atoms with Crippen molar-refractivity contribution >= 4 is 23.2 Å². The number of para-hydroxylation sites is 2. The normalized spacial score (nSPS) is 17.4. The van der Waals surface area contributed by atoms with Crippen LogP contribution in [-0.4, -0.2) is 35.2 Å². The molecule has 2 N–H and O–H groups in total. The van der Waals surface area contributed by atoms with E-state index >= 15 is 0 Å². The van der Waals surface area contributed by atoms with Crippen LogP contribution in [0, 0.1) is 0 Å². The topological polar surface area (TPSA) is 81.1 Å². The Balaban J connectivity index is 0.000000175. The fourth-order valence-corrected chi connectivity index (χ4v) is 6.58. The summed E-state index contributed by atoms with van der Waals surface area (Å²) in [4.78, 5) is 29.8. The number of hydrogen-bond donors (Lipinski definition) is 2. The minimum Gasteiger partial charge on any atom is -0.396 e. The molecule has 2 atom stereocenters. The molecule has 2 aliphatic rings. The third-order valence-corrected chi connectivity index (χ3v) is 8.98. The van der Waals surface area contributed by atoms with Gasteiger partial charge < -0.3 is 20.0 Å². The predicted molar refractivity (Wildman–Crippen MR) is 176 cm³/mol. The number of aliphatic hydroxyl groups is 2. The van der Waals surface area contributed by atoms with E-state index in [9.17, 15) is 19.8 Å². The van der Waals surface area contributed by atoms with Crippen LogP contribution in [0.2, 0.25) is 0 Å². The minimum atomic E-state index is -0.529. The van der Waals surface area contributed by atoms with Gasteiger partial charge in [-0.05, 0) is 74.9 Å². The molecule has 6 rings (SSSR count). The molecule has 0 unspecified atom stereocenters. The highest BCUT2D eigenvalue weighted by Crippen LogP contribution is 2.47. The van der Waals surface area contributed by atoms with E-state index in [0.29, 0.717) is 12.8 Å². The maximum Gasteiger partial charge on any atom is 0.237 e. The fraction of sp³-hybridized carbons (Fsp3) is 0.316. The number of rotatable bonds is 8. The molecule has 0 bridgehead atoms. The van der Waals surface area contributed by atoms with E-state index in [1.165, 1.54) is 0 Å². The van der Waals surface area contributed by atoms with Crippen LogP contribution in [0.4, 0.5) is 11.4 Å². The average Bonchev–Trinajstić information content (AvgIpc) is 3.37. The summed E-state index contributed by atoms with van der Waals surface area (Å²) in [7, 11) is 0. The monoisotopic (exact) mass is 590 g/mol. The number of benzene rings is 4. The van der Waals surface area contributed by atoms with E-state index in [0.717, 1.165) is 33.6 Å². The van der Waals surface area contributed by atoms with Crippen LogP contribution in [0.3, 0.4) is 0 Å². The van der Waals surface area contributed by atoms with E-state index in [1.807, 2.05) is 147 Å². The lowest BCUT2D eigenvalue weighted by atomic mass is 9.86. The van der Waals surface area contributed by atoms with Crippen LogP contribution in [0.15, 0.2) is 109 Å². The van der Waals surface area contributed by atoms with E-state index in [2.05, 4.69) is 0 Å². The lowest BCUT2D eigenvalue weighted by Gasteiger charge is -2.30. The summed E-state index contributed by atoms with van der Waals surface area (Å²) < 4.78 is 0. The molecule has 0 aromatic heterocycles. The predicted octanol–water partition coefficient (Wildman–Crippen LogP) is 6.87. The molecule has 4 aromatic carbocycles. The molecule has 6 nitrogen and oxygen atoms in total. The van der Waals surface area contributed by atoms with Crippen molar-refractivity contribution in [3.8, 4) is 0 Å². The Labute approximate surface area is 260 Å². The summed E-state index contributed by atoms with van der Waals surface area (Å²) in [5.41, 5.74) is 5.07. The summed E-state index contributed by atoms with van der Waals surface area (Å²) in [6.07, 6.45) is 1.06. The van der Waals surface area contributed by atoms with E-state index in [-0.39, 0.29) is 37.1 Å². The molecule has 6 heteroatoms. The molecule has 2 heterocycles. The first-order valence-electron chi connectivity index (χ1n) is 15.3. The van der Waals surface area contributed by atoms with Gasteiger partial charge in [0.1, 0.15) is 0 Å². The highest BCUT2D eigenvalue weighted by atomic mass is 16.3. The quantitative estimate of drug-likeness (QED) is 0.235. The molecule has 0 aliphatic carbocycles. The number of aliphatic hydroxyl groups excluding tert-OH is 2. The zero-order valence-corrected chi connectivity index (χ0v) is 26.0. The summed E-state index contributed by atoms with van der Waals surface area (Å²) in [5, 5.41) is 19.0. The van der Waals surface area contributed by atoms with Crippen LogP contribution in [0.25, 0.3) is 0 Å². The Morgan fingerprint density at radius 1 is 0.523 bits per heavy atom. The molecule has 0 saturated heterocycles. The number of carbonyl (C=O) groups is 2. The largest absolute Gasteiger partial charge is 0.396 e. The third kappa shape index (κ3) is 5.56. The summed E-state index contributed by atoms with van der Waals surface area (Å²) in [6, 6.07) is 35.5. The summed E-state index contributed by atoms with van der Waals surface area (Å²) in [5.74, 6) is 0.187. The van der Waals surface area contributed by atoms with E-state index < -0.39 is 10.8 Å². The van der Waals surface area contributed by atoms with Crippen molar-refractivity contribution < 1.29 is 19.8 Å². The maximum absolute atomic E-state index is 13.0. The van der Waals surface area contributed by atoms with Gasteiger partial charge in [0.15, 0.2) is 0 Å². The van der Waals surface area contributed by atoms with Gasteiger partial charge in [-0.15, -0.1) is 0 Å². The molecular formula is C38H42N2O4. The second-order valence-corrected chi connectivity index (χ2v) is 12.5. The Kier molecular flexibility index (Phi) is 9.05. The van der Waals surface area contributed by atoms with Crippen LogP contribution in [-0.2, 0) is 20.4 Å². The fourth-order valence-electron chi connectivity index (χ4n) is 6.58. The Bertz CT molecular complexity index is 1480. The molecule has 4 aromatic rings. The first-order chi connectivity index (χ1) is 21.1. The van der Waals surface area contributed by atoms with Crippen molar-refractivity contribution in [1.29, 1.82) is 0 Å². The maximum atomic E-state index is 13.0. The molecule has 0 saturated carbocycles. The molecule has 44 heavy (non-hydrogen) atoms. The van der Waals surface area contributed by atoms with Gasteiger partial charge in [0, 0.05) is 24.6 Å². The molecule has 0 fully saturated rings. The van der Waals surface area contributed by atoms with Crippen molar-refractivity contribution in [3.63, 3.8) is 0 Å². The highest BCUT2D eigenvalue weighted by Gasteiger charge is 2.47. The van der Waals surface area contributed by atoms with Crippen molar-refractivity contribution in [2.75, 3.05) is 23.0 Å². The number of anilines is 2. The van der Waals surface area contributed by atoms with Gasteiger partial charge in [-0.25, -0.2) is 0 Å². The lowest BCUT2D eigenvalue weighted by Crippen LogP contribution is -2.39. The highest BCUT2D eigenvalue weighted by molar-refractivity contribution is 6.08.